The number of ether oxygens (including phenoxy) is 2. The Labute approximate surface area is 162 Å². The van der Waals surface area contributed by atoms with Crippen molar-refractivity contribution < 1.29 is 22.7 Å². The van der Waals surface area contributed by atoms with Crippen LogP contribution in [0.4, 0.5) is 5.82 Å². The van der Waals surface area contributed by atoms with Crippen LogP contribution in [-0.4, -0.2) is 38.4 Å². The van der Waals surface area contributed by atoms with Crippen molar-refractivity contribution in [3.63, 3.8) is 0 Å². The van der Waals surface area contributed by atoms with E-state index in [4.69, 9.17) is 4.74 Å². The van der Waals surface area contributed by atoms with Gasteiger partial charge in [-0.05, 0) is 37.3 Å². The van der Waals surface area contributed by atoms with E-state index in [1.807, 2.05) is 30.3 Å². The van der Waals surface area contributed by atoms with E-state index in [-0.39, 0.29) is 22.0 Å². The van der Waals surface area contributed by atoms with Gasteiger partial charge in [0.05, 0.1) is 31.2 Å². The Hall–Kier alpha value is -3.33. The van der Waals surface area contributed by atoms with Gasteiger partial charge in [0.15, 0.2) is 0 Å². The number of para-hydroxylation sites is 1. The highest BCUT2D eigenvalue weighted by Crippen LogP contribution is 2.28. The number of nitrogens with zero attached hydrogens (tertiary/aromatic N) is 2. The molecule has 1 N–H and O–H groups in total. The molecule has 1 aromatic heterocycles. The number of sulfonamides is 1. The standard InChI is InChI=1S/C19H19N3O5S/c1-13-11-18(22(20-13)15-7-5-4-6-8-15)21-28(24,25)17-10-9-14(19(23)27-3)12-16(17)26-2/h4-12,21H,1-3H3. The highest BCUT2D eigenvalue weighted by molar-refractivity contribution is 7.92. The minimum absolute atomic E-state index is 0.0258. The smallest absolute Gasteiger partial charge is 0.337 e. The van der Waals surface area contributed by atoms with Crippen LogP contribution < -0.4 is 9.46 Å². The number of nitrogens with one attached hydrogen (secondary N) is 1. The Morgan fingerprint density at radius 3 is 2.43 bits per heavy atom. The van der Waals surface area contributed by atoms with Crippen molar-refractivity contribution in [1.82, 2.24) is 9.78 Å². The molecule has 8 nitrogen and oxygen atoms in total. The third kappa shape index (κ3) is 3.84. The van der Waals surface area contributed by atoms with Crippen LogP contribution in [0, 0.1) is 6.92 Å². The molecular weight excluding hydrogens is 382 g/mol. The van der Waals surface area contributed by atoms with Gasteiger partial charge in [0, 0.05) is 6.07 Å². The minimum Gasteiger partial charge on any atom is -0.495 e. The summed E-state index contributed by atoms with van der Waals surface area (Å²) in [5.74, 6) is -0.284. The molecule has 2 aromatic carbocycles. The highest BCUT2D eigenvalue weighted by atomic mass is 32.2. The first-order valence-electron chi connectivity index (χ1n) is 8.27. The number of carbonyl (C=O) groups excluding carboxylic acids is 1. The number of esters is 1. The van der Waals surface area contributed by atoms with Gasteiger partial charge in [0.25, 0.3) is 10.0 Å². The average molecular weight is 401 g/mol. The number of benzene rings is 2. The molecule has 0 amide bonds. The molecule has 0 saturated heterocycles. The lowest BCUT2D eigenvalue weighted by Crippen LogP contribution is -2.17. The minimum atomic E-state index is -4.01. The normalized spacial score (nSPS) is 11.1. The summed E-state index contributed by atoms with van der Waals surface area (Å²) in [6.45, 7) is 1.77. The van der Waals surface area contributed by atoms with Crippen molar-refractivity contribution in [1.29, 1.82) is 0 Å². The number of carbonyl (C=O) groups is 1. The van der Waals surface area contributed by atoms with E-state index >= 15 is 0 Å². The van der Waals surface area contributed by atoms with Crippen molar-refractivity contribution in [2.75, 3.05) is 18.9 Å². The Morgan fingerprint density at radius 2 is 1.79 bits per heavy atom. The van der Waals surface area contributed by atoms with Gasteiger partial charge in [-0.3, -0.25) is 4.72 Å². The fourth-order valence-electron chi connectivity index (χ4n) is 2.67. The Kier molecular flexibility index (Phi) is 5.36. The summed E-state index contributed by atoms with van der Waals surface area (Å²) in [4.78, 5) is 11.6. The lowest BCUT2D eigenvalue weighted by Gasteiger charge is -2.13. The van der Waals surface area contributed by atoms with Gasteiger partial charge in [-0.1, -0.05) is 18.2 Å². The van der Waals surface area contributed by atoms with Crippen molar-refractivity contribution in [3.05, 3.63) is 65.9 Å². The molecule has 0 radical (unpaired) electrons. The Balaban J connectivity index is 2.01. The van der Waals surface area contributed by atoms with Gasteiger partial charge in [-0.2, -0.15) is 5.10 Å². The fraction of sp³-hybridized carbons (Fsp3) is 0.158. The molecule has 3 rings (SSSR count). The molecular formula is C19H19N3O5S. The van der Waals surface area contributed by atoms with Gasteiger partial charge in [0.2, 0.25) is 0 Å². The van der Waals surface area contributed by atoms with Crippen molar-refractivity contribution >= 4 is 21.8 Å². The second-order valence-corrected chi connectivity index (χ2v) is 7.53. The first kappa shape index (κ1) is 19.4. The van der Waals surface area contributed by atoms with Crippen LogP contribution in [0.25, 0.3) is 5.69 Å². The summed E-state index contributed by atoms with van der Waals surface area (Å²) in [5.41, 5.74) is 1.54. The molecule has 146 valence electrons. The maximum absolute atomic E-state index is 13.0. The summed E-state index contributed by atoms with van der Waals surface area (Å²) < 4.78 is 39.8. The second-order valence-electron chi connectivity index (χ2n) is 5.88. The number of aromatic nitrogens is 2. The predicted molar refractivity (Wildman–Crippen MR) is 103 cm³/mol. The first-order chi connectivity index (χ1) is 13.4. The molecule has 9 heteroatoms. The summed E-state index contributed by atoms with van der Waals surface area (Å²) >= 11 is 0. The average Bonchev–Trinajstić information content (AvgIpc) is 3.06. The predicted octanol–water partition coefficient (Wildman–Crippen LogP) is 2.78. The topological polar surface area (TPSA) is 99.5 Å². The third-order valence-electron chi connectivity index (χ3n) is 3.95. The summed E-state index contributed by atoms with van der Waals surface area (Å²) in [7, 11) is -1.44. The van der Waals surface area contributed by atoms with E-state index in [1.165, 1.54) is 37.1 Å². The molecule has 0 aliphatic rings. The summed E-state index contributed by atoms with van der Waals surface area (Å²) in [6, 6.07) is 14.8. The molecule has 0 unspecified atom stereocenters. The zero-order valence-electron chi connectivity index (χ0n) is 15.5. The molecule has 0 aliphatic heterocycles. The van der Waals surface area contributed by atoms with Crippen LogP contribution in [-0.2, 0) is 14.8 Å². The van der Waals surface area contributed by atoms with Crippen LogP contribution >= 0.6 is 0 Å². The largest absolute Gasteiger partial charge is 0.495 e. The van der Waals surface area contributed by atoms with E-state index in [9.17, 15) is 13.2 Å². The van der Waals surface area contributed by atoms with Crippen molar-refractivity contribution in [3.8, 4) is 11.4 Å². The molecule has 0 spiro atoms. The lowest BCUT2D eigenvalue weighted by molar-refractivity contribution is 0.0600. The number of methoxy groups -OCH3 is 2. The number of rotatable bonds is 6. The molecule has 0 aliphatic carbocycles. The van der Waals surface area contributed by atoms with E-state index in [0.29, 0.717) is 11.4 Å². The Morgan fingerprint density at radius 1 is 1.07 bits per heavy atom. The zero-order valence-corrected chi connectivity index (χ0v) is 16.4. The molecule has 1 heterocycles. The first-order valence-corrected chi connectivity index (χ1v) is 9.75. The number of aryl methyl sites for hydroxylation is 1. The zero-order chi connectivity index (χ0) is 20.3. The monoisotopic (exact) mass is 401 g/mol. The molecule has 28 heavy (non-hydrogen) atoms. The van der Waals surface area contributed by atoms with Gasteiger partial charge >= 0.3 is 5.97 Å². The van der Waals surface area contributed by atoms with Gasteiger partial charge in [0.1, 0.15) is 16.5 Å². The summed E-state index contributed by atoms with van der Waals surface area (Å²) in [5, 5.41) is 4.35. The van der Waals surface area contributed by atoms with E-state index in [1.54, 1.807) is 13.0 Å². The van der Waals surface area contributed by atoms with Gasteiger partial charge in [-0.25, -0.2) is 17.9 Å². The van der Waals surface area contributed by atoms with E-state index in [2.05, 4.69) is 14.6 Å². The molecule has 0 bridgehead atoms. The van der Waals surface area contributed by atoms with Crippen LogP contribution in [0.1, 0.15) is 16.1 Å². The van der Waals surface area contributed by atoms with Crippen molar-refractivity contribution in [2.24, 2.45) is 0 Å². The number of anilines is 1. The van der Waals surface area contributed by atoms with Crippen molar-refractivity contribution in [2.45, 2.75) is 11.8 Å². The lowest BCUT2D eigenvalue weighted by atomic mass is 10.2. The second kappa shape index (κ2) is 7.73. The summed E-state index contributed by atoms with van der Waals surface area (Å²) in [6.07, 6.45) is 0. The number of hydrogen-bond acceptors (Lipinski definition) is 6. The maximum Gasteiger partial charge on any atom is 0.337 e. The maximum atomic E-state index is 13.0. The number of hydrogen-bond donors (Lipinski definition) is 1. The van der Waals surface area contributed by atoms with Crippen LogP contribution in [0.5, 0.6) is 5.75 Å². The Bertz CT molecular complexity index is 1110. The van der Waals surface area contributed by atoms with E-state index < -0.39 is 16.0 Å². The third-order valence-corrected chi connectivity index (χ3v) is 5.34. The van der Waals surface area contributed by atoms with Crippen LogP contribution in [0.2, 0.25) is 0 Å². The fourth-order valence-corrected chi connectivity index (χ4v) is 3.85. The molecule has 0 fully saturated rings. The molecule has 0 atom stereocenters. The van der Waals surface area contributed by atoms with Crippen LogP contribution in [0.15, 0.2) is 59.5 Å². The van der Waals surface area contributed by atoms with E-state index in [0.717, 1.165) is 0 Å². The van der Waals surface area contributed by atoms with Gasteiger partial charge in [-0.15, -0.1) is 0 Å². The highest BCUT2D eigenvalue weighted by Gasteiger charge is 2.23. The molecule has 3 aromatic rings. The SMILES string of the molecule is COC(=O)c1ccc(S(=O)(=O)Nc2cc(C)nn2-c2ccccc2)c(OC)c1. The quantitative estimate of drug-likeness (QED) is 0.638. The molecule has 0 saturated carbocycles. The van der Waals surface area contributed by atoms with Crippen LogP contribution in [0.3, 0.4) is 0 Å². The van der Waals surface area contributed by atoms with Gasteiger partial charge < -0.3 is 9.47 Å².